The van der Waals surface area contributed by atoms with E-state index in [0.717, 1.165) is 4.68 Å². The van der Waals surface area contributed by atoms with Crippen LogP contribution in [0.2, 0.25) is 5.02 Å². The Morgan fingerprint density at radius 3 is 2.76 bits per heavy atom. The molecule has 2 rings (SSSR count). The van der Waals surface area contributed by atoms with Crippen LogP contribution in [0.25, 0.3) is 0 Å². The van der Waals surface area contributed by atoms with Gasteiger partial charge in [-0.25, -0.2) is 0 Å². The lowest BCUT2D eigenvalue weighted by Gasteiger charge is -2.01. The van der Waals surface area contributed by atoms with E-state index in [0.29, 0.717) is 16.3 Å². The van der Waals surface area contributed by atoms with Gasteiger partial charge in [0.05, 0.1) is 5.69 Å². The Balaban J connectivity index is 2.43. The van der Waals surface area contributed by atoms with E-state index in [2.05, 4.69) is 5.10 Å². The predicted molar refractivity (Wildman–Crippen MR) is 64.1 cm³/mol. The first-order valence-electron chi connectivity index (χ1n) is 4.93. The minimum absolute atomic E-state index is 0.172. The van der Waals surface area contributed by atoms with Gasteiger partial charge in [-0.3, -0.25) is 14.7 Å². The normalized spacial score (nSPS) is 10.5. The monoisotopic (exact) mass is 251 g/mol. The molecule has 2 aromatic rings. The summed E-state index contributed by atoms with van der Waals surface area (Å²) in [5, 5.41) is 3.07. The number of carbonyl (C=O) groups excluding carboxylic acids is 1. The molecule has 5 nitrogen and oxygen atoms in total. The van der Waals surface area contributed by atoms with E-state index in [1.54, 1.807) is 18.2 Å². The van der Waals surface area contributed by atoms with Gasteiger partial charge in [-0.1, -0.05) is 17.7 Å². The summed E-state index contributed by atoms with van der Waals surface area (Å²) in [4.78, 5) is 23.5. The van der Waals surface area contributed by atoms with Gasteiger partial charge in [0.1, 0.15) is 0 Å². The zero-order chi connectivity index (χ0) is 12.4. The lowest BCUT2D eigenvalue weighted by molar-refractivity contribution is 0.0941. The Bertz CT molecular complexity index is 615. The van der Waals surface area contributed by atoms with Crippen LogP contribution in [0.4, 0.5) is 0 Å². The fourth-order valence-electron chi connectivity index (χ4n) is 1.45. The standard InChI is InChI=1S/C11H10ClN3O2/c12-8-3-1-2-7(4-8)11(17)15-10(16)5-9(6-13)14-15/h1-5,14H,6,13H2. The highest BCUT2D eigenvalue weighted by Gasteiger charge is 2.12. The Morgan fingerprint density at radius 2 is 2.18 bits per heavy atom. The van der Waals surface area contributed by atoms with E-state index in [9.17, 15) is 9.59 Å². The van der Waals surface area contributed by atoms with Gasteiger partial charge in [-0.05, 0) is 18.2 Å². The number of nitrogens with zero attached hydrogens (tertiary/aromatic N) is 1. The molecular weight excluding hydrogens is 242 g/mol. The topological polar surface area (TPSA) is 80.9 Å². The largest absolute Gasteiger partial charge is 0.325 e. The molecule has 0 saturated heterocycles. The number of aromatic amines is 1. The Labute approximate surface area is 102 Å². The maximum atomic E-state index is 12.0. The molecule has 17 heavy (non-hydrogen) atoms. The van der Waals surface area contributed by atoms with Crippen molar-refractivity contribution in [1.82, 2.24) is 9.78 Å². The molecule has 0 radical (unpaired) electrons. The van der Waals surface area contributed by atoms with Crippen LogP contribution in [0.1, 0.15) is 16.1 Å². The number of carbonyl (C=O) groups is 1. The second kappa shape index (κ2) is 4.57. The van der Waals surface area contributed by atoms with Crippen molar-refractivity contribution in [2.75, 3.05) is 0 Å². The molecule has 1 heterocycles. The summed E-state index contributed by atoms with van der Waals surface area (Å²) in [6.45, 7) is 0.172. The van der Waals surface area contributed by atoms with E-state index in [4.69, 9.17) is 17.3 Å². The summed E-state index contributed by atoms with van der Waals surface area (Å²) < 4.78 is 0.911. The van der Waals surface area contributed by atoms with Gasteiger partial charge in [0.2, 0.25) is 0 Å². The van der Waals surface area contributed by atoms with Gasteiger partial charge >= 0.3 is 0 Å². The molecule has 0 amide bonds. The highest BCUT2D eigenvalue weighted by molar-refractivity contribution is 6.30. The van der Waals surface area contributed by atoms with Crippen molar-refractivity contribution in [2.45, 2.75) is 6.54 Å². The van der Waals surface area contributed by atoms with Gasteiger partial charge in [-0.15, -0.1) is 0 Å². The van der Waals surface area contributed by atoms with Crippen molar-refractivity contribution in [3.8, 4) is 0 Å². The maximum absolute atomic E-state index is 12.0. The zero-order valence-electron chi connectivity index (χ0n) is 8.81. The van der Waals surface area contributed by atoms with Crippen molar-refractivity contribution < 1.29 is 4.79 Å². The van der Waals surface area contributed by atoms with E-state index in [-0.39, 0.29) is 6.54 Å². The number of benzene rings is 1. The number of nitrogens with one attached hydrogen (secondary N) is 1. The molecule has 1 aromatic heterocycles. The van der Waals surface area contributed by atoms with Crippen molar-refractivity contribution >= 4 is 17.5 Å². The van der Waals surface area contributed by atoms with E-state index in [1.165, 1.54) is 12.1 Å². The Hall–Kier alpha value is -1.85. The number of nitrogens with two attached hydrogens (primary N) is 1. The van der Waals surface area contributed by atoms with Crippen LogP contribution in [0, 0.1) is 0 Å². The number of hydrogen-bond donors (Lipinski definition) is 2. The maximum Gasteiger partial charge on any atom is 0.279 e. The third kappa shape index (κ3) is 2.30. The number of rotatable bonds is 2. The van der Waals surface area contributed by atoms with Gasteiger partial charge < -0.3 is 5.73 Å². The lowest BCUT2D eigenvalue weighted by atomic mass is 10.2. The minimum Gasteiger partial charge on any atom is -0.325 e. The summed E-state index contributed by atoms with van der Waals surface area (Å²) in [5.74, 6) is -0.461. The molecule has 0 saturated carbocycles. The SMILES string of the molecule is NCc1cc(=O)n(C(=O)c2cccc(Cl)c2)[nH]1. The van der Waals surface area contributed by atoms with Crippen LogP contribution >= 0.6 is 11.6 Å². The smallest absolute Gasteiger partial charge is 0.279 e. The fraction of sp³-hybridized carbons (Fsp3) is 0.0909. The van der Waals surface area contributed by atoms with Gasteiger partial charge in [0.25, 0.3) is 11.5 Å². The second-order valence-corrected chi connectivity index (χ2v) is 3.91. The first kappa shape index (κ1) is 11.6. The quantitative estimate of drug-likeness (QED) is 0.835. The van der Waals surface area contributed by atoms with Crippen LogP contribution in [0.5, 0.6) is 0 Å². The summed E-state index contributed by atoms with van der Waals surface area (Å²) in [5.41, 5.74) is 5.79. The van der Waals surface area contributed by atoms with Gasteiger partial charge in [0, 0.05) is 23.2 Å². The van der Waals surface area contributed by atoms with Crippen molar-refractivity contribution in [3.05, 3.63) is 57.0 Å². The van der Waals surface area contributed by atoms with Crippen molar-refractivity contribution in [2.24, 2.45) is 5.73 Å². The molecule has 0 aliphatic carbocycles. The van der Waals surface area contributed by atoms with Crippen LogP contribution in [-0.4, -0.2) is 15.7 Å². The molecule has 0 aliphatic heterocycles. The highest BCUT2D eigenvalue weighted by atomic mass is 35.5. The molecule has 1 aromatic carbocycles. The van der Waals surface area contributed by atoms with Gasteiger partial charge in [0.15, 0.2) is 0 Å². The van der Waals surface area contributed by atoms with Crippen LogP contribution < -0.4 is 11.3 Å². The molecule has 0 unspecified atom stereocenters. The number of aromatic nitrogens is 2. The Kier molecular flexibility index (Phi) is 3.12. The van der Waals surface area contributed by atoms with Crippen molar-refractivity contribution in [3.63, 3.8) is 0 Å². The lowest BCUT2D eigenvalue weighted by Crippen LogP contribution is -2.24. The molecule has 0 spiro atoms. The summed E-state index contributed by atoms with van der Waals surface area (Å²) in [7, 11) is 0. The highest BCUT2D eigenvalue weighted by Crippen LogP contribution is 2.11. The molecule has 0 atom stereocenters. The van der Waals surface area contributed by atoms with E-state index < -0.39 is 11.5 Å². The van der Waals surface area contributed by atoms with Crippen LogP contribution in [0.3, 0.4) is 0 Å². The molecule has 88 valence electrons. The van der Waals surface area contributed by atoms with Crippen LogP contribution in [0.15, 0.2) is 35.1 Å². The zero-order valence-corrected chi connectivity index (χ0v) is 9.57. The third-order valence-corrected chi connectivity index (χ3v) is 2.50. The molecule has 0 fully saturated rings. The average molecular weight is 252 g/mol. The van der Waals surface area contributed by atoms with Crippen molar-refractivity contribution in [1.29, 1.82) is 0 Å². The first-order valence-corrected chi connectivity index (χ1v) is 5.31. The molecule has 3 N–H and O–H groups in total. The van der Waals surface area contributed by atoms with E-state index >= 15 is 0 Å². The number of H-pyrrole nitrogens is 1. The van der Waals surface area contributed by atoms with E-state index in [1.807, 2.05) is 0 Å². The third-order valence-electron chi connectivity index (χ3n) is 2.27. The summed E-state index contributed by atoms with van der Waals surface area (Å²) >= 11 is 5.78. The molecule has 6 heteroatoms. The van der Waals surface area contributed by atoms with Gasteiger partial charge in [-0.2, -0.15) is 4.68 Å². The van der Waals surface area contributed by atoms with Crippen LogP contribution in [-0.2, 0) is 6.54 Å². The fourth-order valence-corrected chi connectivity index (χ4v) is 1.64. The predicted octanol–water partition coefficient (Wildman–Crippen LogP) is 0.977. The minimum atomic E-state index is -0.461. The average Bonchev–Trinajstić information content (AvgIpc) is 2.69. The Morgan fingerprint density at radius 1 is 1.41 bits per heavy atom. The first-order chi connectivity index (χ1) is 8.11. The second-order valence-electron chi connectivity index (χ2n) is 3.47. The number of hydrogen-bond acceptors (Lipinski definition) is 3. The summed E-state index contributed by atoms with van der Waals surface area (Å²) in [6, 6.07) is 7.68. The number of halogens is 1. The summed E-state index contributed by atoms with van der Waals surface area (Å²) in [6.07, 6.45) is 0. The molecule has 0 aliphatic rings. The molecular formula is C11H10ClN3O2. The molecule has 0 bridgehead atoms.